The van der Waals surface area contributed by atoms with Crippen LogP contribution in [-0.2, 0) is 0 Å². The molecule has 3 nitrogen and oxygen atoms in total. The van der Waals surface area contributed by atoms with Crippen LogP contribution in [0.15, 0.2) is 35.8 Å². The topological polar surface area (TPSA) is 22.2 Å². The highest BCUT2D eigenvalue weighted by molar-refractivity contribution is 7.15. The fourth-order valence-electron chi connectivity index (χ4n) is 3.89. The summed E-state index contributed by atoms with van der Waals surface area (Å²) in [6, 6.07) is 9.37. The van der Waals surface area contributed by atoms with Crippen molar-refractivity contribution in [3.63, 3.8) is 0 Å². The smallest absolute Gasteiger partial charge is 0.195 e. The van der Waals surface area contributed by atoms with E-state index in [1.54, 1.807) is 11.3 Å². The molecule has 0 spiro atoms. The summed E-state index contributed by atoms with van der Waals surface area (Å²) in [5.74, 6) is 0. The van der Waals surface area contributed by atoms with Crippen LogP contribution in [0.3, 0.4) is 0 Å². The van der Waals surface area contributed by atoms with E-state index >= 15 is 0 Å². The third kappa shape index (κ3) is 1.57. The Morgan fingerprint density at radius 3 is 2.86 bits per heavy atom. The summed E-state index contributed by atoms with van der Waals surface area (Å²) in [5.41, 5.74) is 3.81. The Bertz CT molecular complexity index is 937. The summed E-state index contributed by atoms with van der Waals surface area (Å²) < 4.78 is 4.84. The first-order valence-corrected chi connectivity index (χ1v) is 8.65. The zero-order chi connectivity index (χ0) is 13.8. The highest BCUT2D eigenvalue weighted by Gasteiger charge is 2.23. The molecule has 0 radical (unpaired) electrons. The normalized spacial score (nSPS) is 17.3. The van der Waals surface area contributed by atoms with Gasteiger partial charge in [0.25, 0.3) is 0 Å². The van der Waals surface area contributed by atoms with Crippen molar-refractivity contribution in [1.29, 1.82) is 0 Å². The van der Waals surface area contributed by atoms with E-state index in [-0.39, 0.29) is 0 Å². The second-order valence-electron chi connectivity index (χ2n) is 6.02. The van der Waals surface area contributed by atoms with Gasteiger partial charge in [-0.2, -0.15) is 0 Å². The third-order valence-electron chi connectivity index (χ3n) is 4.82. The van der Waals surface area contributed by atoms with Crippen molar-refractivity contribution in [1.82, 2.24) is 14.0 Å². The summed E-state index contributed by atoms with van der Waals surface area (Å²) in [4.78, 5) is 5.99. The molecule has 0 bridgehead atoms. The minimum absolute atomic E-state index is 0.626. The molecule has 0 N–H and O–H groups in total. The third-order valence-corrected chi connectivity index (χ3v) is 5.58. The zero-order valence-corrected chi connectivity index (χ0v) is 12.6. The Morgan fingerprint density at radius 1 is 1.10 bits per heavy atom. The van der Waals surface area contributed by atoms with Crippen LogP contribution >= 0.6 is 11.3 Å². The highest BCUT2D eigenvalue weighted by Crippen LogP contribution is 2.38. The van der Waals surface area contributed by atoms with Gasteiger partial charge in [0.05, 0.1) is 5.52 Å². The minimum Gasteiger partial charge on any atom is -0.322 e. The van der Waals surface area contributed by atoms with Gasteiger partial charge < -0.3 is 4.57 Å². The molecule has 0 unspecified atom stereocenters. The largest absolute Gasteiger partial charge is 0.322 e. The molecular formula is C17H17N3S. The van der Waals surface area contributed by atoms with E-state index in [0.717, 1.165) is 4.96 Å². The predicted octanol–water partition coefficient (Wildman–Crippen LogP) is 5.01. The van der Waals surface area contributed by atoms with Crippen LogP contribution in [0.1, 0.15) is 38.1 Å². The molecule has 106 valence electrons. The van der Waals surface area contributed by atoms with Gasteiger partial charge in [-0.05, 0) is 18.9 Å². The number of hydrogen-bond acceptors (Lipinski definition) is 2. The second kappa shape index (κ2) is 4.34. The molecule has 21 heavy (non-hydrogen) atoms. The van der Waals surface area contributed by atoms with Crippen molar-refractivity contribution < 1.29 is 0 Å². The first-order chi connectivity index (χ1) is 10.4. The van der Waals surface area contributed by atoms with Crippen LogP contribution in [0.4, 0.5) is 0 Å². The number of nitrogens with zero attached hydrogens (tertiary/aromatic N) is 3. The standard InChI is InChI=1S/C17H17N3S/c1-2-6-12(7-3-1)20-14-9-5-4-8-13(14)15-16(20)19-10-11-21-17(19)18-15/h4-5,8-12H,1-3,6-7H2. The molecule has 1 saturated carbocycles. The molecule has 3 heterocycles. The lowest BCUT2D eigenvalue weighted by atomic mass is 9.95. The van der Waals surface area contributed by atoms with Crippen LogP contribution in [-0.4, -0.2) is 14.0 Å². The highest BCUT2D eigenvalue weighted by atomic mass is 32.1. The zero-order valence-electron chi connectivity index (χ0n) is 11.8. The van der Waals surface area contributed by atoms with E-state index < -0.39 is 0 Å². The number of thiazole rings is 1. The molecule has 3 aromatic heterocycles. The SMILES string of the molecule is c1ccc2c(c1)c1nc3sccn3c1n2C1CCCCC1. The van der Waals surface area contributed by atoms with E-state index in [9.17, 15) is 0 Å². The van der Waals surface area contributed by atoms with Gasteiger partial charge >= 0.3 is 0 Å². The fraction of sp³-hybridized carbons (Fsp3) is 0.353. The van der Waals surface area contributed by atoms with Crippen molar-refractivity contribution >= 4 is 38.4 Å². The Morgan fingerprint density at radius 2 is 1.95 bits per heavy atom. The number of benzene rings is 1. The second-order valence-corrected chi connectivity index (χ2v) is 6.89. The van der Waals surface area contributed by atoms with E-state index in [4.69, 9.17) is 4.98 Å². The van der Waals surface area contributed by atoms with Crippen molar-refractivity contribution in [2.24, 2.45) is 0 Å². The number of hydrogen-bond donors (Lipinski definition) is 0. The molecule has 0 aliphatic heterocycles. The Balaban J connectivity index is 1.93. The monoisotopic (exact) mass is 295 g/mol. The van der Waals surface area contributed by atoms with Crippen molar-refractivity contribution in [3.8, 4) is 0 Å². The van der Waals surface area contributed by atoms with Crippen LogP contribution in [0.25, 0.3) is 27.0 Å². The average Bonchev–Trinajstić information content (AvgIpc) is 3.18. The molecule has 0 amide bonds. The van der Waals surface area contributed by atoms with Crippen LogP contribution in [0, 0.1) is 0 Å². The van der Waals surface area contributed by atoms with Gasteiger partial charge in [0.15, 0.2) is 4.96 Å². The van der Waals surface area contributed by atoms with E-state index in [0.29, 0.717) is 6.04 Å². The molecule has 1 aromatic carbocycles. The van der Waals surface area contributed by atoms with Crippen LogP contribution in [0.2, 0.25) is 0 Å². The molecule has 4 aromatic rings. The number of imidazole rings is 1. The number of aromatic nitrogens is 3. The van der Waals surface area contributed by atoms with Crippen LogP contribution in [0.5, 0.6) is 0 Å². The quantitative estimate of drug-likeness (QED) is 0.484. The lowest BCUT2D eigenvalue weighted by Crippen LogP contribution is -2.13. The molecular weight excluding hydrogens is 278 g/mol. The van der Waals surface area contributed by atoms with E-state index in [2.05, 4.69) is 44.8 Å². The minimum atomic E-state index is 0.626. The summed E-state index contributed by atoms with van der Waals surface area (Å²) in [6.07, 6.45) is 8.84. The Hall–Kier alpha value is -1.81. The number of fused-ring (bicyclic) bond motifs is 5. The Labute approximate surface area is 126 Å². The average molecular weight is 295 g/mol. The summed E-state index contributed by atoms with van der Waals surface area (Å²) in [7, 11) is 0. The maximum atomic E-state index is 4.88. The van der Waals surface area contributed by atoms with Gasteiger partial charge in [-0.25, -0.2) is 4.98 Å². The van der Waals surface area contributed by atoms with Crippen molar-refractivity contribution in [2.75, 3.05) is 0 Å². The van der Waals surface area contributed by atoms with Gasteiger partial charge in [-0.15, -0.1) is 11.3 Å². The van der Waals surface area contributed by atoms with E-state index in [1.807, 2.05) is 0 Å². The van der Waals surface area contributed by atoms with Crippen molar-refractivity contribution in [2.45, 2.75) is 38.1 Å². The molecule has 0 saturated heterocycles. The molecule has 0 atom stereocenters. The molecule has 1 aliphatic carbocycles. The predicted molar refractivity (Wildman–Crippen MR) is 88.2 cm³/mol. The number of para-hydroxylation sites is 1. The van der Waals surface area contributed by atoms with Gasteiger partial charge in [0.1, 0.15) is 11.2 Å². The van der Waals surface area contributed by atoms with E-state index in [1.165, 1.54) is 54.2 Å². The first-order valence-electron chi connectivity index (χ1n) is 7.78. The molecule has 1 aliphatic rings. The first kappa shape index (κ1) is 11.8. The lowest BCUT2D eigenvalue weighted by molar-refractivity contribution is 0.366. The maximum absolute atomic E-state index is 4.88. The van der Waals surface area contributed by atoms with Crippen LogP contribution < -0.4 is 0 Å². The maximum Gasteiger partial charge on any atom is 0.195 e. The summed E-state index contributed by atoms with van der Waals surface area (Å²) >= 11 is 1.72. The van der Waals surface area contributed by atoms with Gasteiger partial charge in [-0.3, -0.25) is 4.40 Å². The Kier molecular flexibility index (Phi) is 2.44. The fourth-order valence-corrected chi connectivity index (χ4v) is 4.60. The van der Waals surface area contributed by atoms with Gasteiger partial charge in [0, 0.05) is 23.0 Å². The summed E-state index contributed by atoms with van der Waals surface area (Å²) in [5, 5.41) is 3.43. The van der Waals surface area contributed by atoms with Gasteiger partial charge in [-0.1, -0.05) is 37.5 Å². The molecule has 1 fully saturated rings. The molecule has 4 heteroatoms. The lowest BCUT2D eigenvalue weighted by Gasteiger charge is -2.24. The number of rotatable bonds is 1. The molecule has 5 rings (SSSR count). The van der Waals surface area contributed by atoms with Gasteiger partial charge in [0.2, 0.25) is 0 Å². The summed E-state index contributed by atoms with van der Waals surface area (Å²) in [6.45, 7) is 0. The van der Waals surface area contributed by atoms with Crippen molar-refractivity contribution in [3.05, 3.63) is 35.8 Å².